The van der Waals surface area contributed by atoms with E-state index in [9.17, 15) is 39.9 Å². The van der Waals surface area contributed by atoms with Gasteiger partial charge in [-0.2, -0.15) is 5.10 Å². The summed E-state index contributed by atoms with van der Waals surface area (Å²) in [5.74, 6) is -5.49. The highest BCUT2D eigenvalue weighted by Crippen LogP contribution is 2.54. The highest BCUT2D eigenvalue weighted by Gasteiger charge is 2.42. The van der Waals surface area contributed by atoms with Crippen molar-refractivity contribution >= 4 is 41.1 Å². The average Bonchev–Trinajstić information content (AvgIpc) is 3.05. The molecule has 1 saturated carbocycles. The van der Waals surface area contributed by atoms with Crippen molar-refractivity contribution in [1.82, 2.24) is 10.3 Å². The molecule has 0 aromatic heterocycles. The van der Waals surface area contributed by atoms with Crippen LogP contribution in [0.1, 0.15) is 96.6 Å². The summed E-state index contributed by atoms with van der Waals surface area (Å²) in [6.45, 7) is 1.39. The number of carboxylic acids is 1. The molecule has 1 fully saturated rings. The molecule has 0 bridgehead atoms. The molecular weight excluding hydrogens is 626 g/mol. The van der Waals surface area contributed by atoms with Gasteiger partial charge in [0.1, 0.15) is 34.3 Å². The molecule has 3 aromatic carbocycles. The molecule has 0 amide bonds. The van der Waals surface area contributed by atoms with Gasteiger partial charge in [0.05, 0.1) is 30.0 Å². The van der Waals surface area contributed by atoms with Crippen LogP contribution in [0.25, 0.3) is 11.1 Å². The molecule has 244 valence electrons. The monoisotopic (exact) mass is 659 g/mol. The second-order valence-electron chi connectivity index (χ2n) is 12.0. The third-order valence-corrected chi connectivity index (χ3v) is 9.89. The Balaban J connectivity index is 1.46. The maximum absolute atomic E-state index is 13.8. The first-order valence-corrected chi connectivity index (χ1v) is 15.6. The largest absolute Gasteiger partial charge is 0.508 e. The number of benzene rings is 3. The number of nitrogens with zero attached hydrogens (tertiary/aromatic N) is 2. The third-order valence-electron chi connectivity index (χ3n) is 9.51. The van der Waals surface area contributed by atoms with Gasteiger partial charge in [-0.05, 0) is 62.5 Å². The lowest BCUT2D eigenvalue weighted by molar-refractivity contribution is 0.0693. The fraction of sp³-hybridized carbons (Fsp3) is 0.324. The number of hydrogen-bond acceptors (Lipinski definition) is 10. The van der Waals surface area contributed by atoms with Crippen LogP contribution in [-0.2, 0) is 12.8 Å². The molecule has 0 spiro atoms. The summed E-state index contributed by atoms with van der Waals surface area (Å²) < 4.78 is 5.63. The lowest BCUT2D eigenvalue weighted by Gasteiger charge is -2.32. The van der Waals surface area contributed by atoms with Crippen LogP contribution in [0.4, 0.5) is 0 Å². The molecule has 6 N–H and O–H groups in total. The van der Waals surface area contributed by atoms with E-state index in [-0.39, 0.29) is 69.1 Å². The Morgan fingerprint density at radius 3 is 2.32 bits per heavy atom. The number of thiocarbonyl (C=S) groups is 1. The molecule has 0 heterocycles. The minimum absolute atomic E-state index is 0.00200. The highest BCUT2D eigenvalue weighted by molar-refractivity contribution is 7.80. The second kappa shape index (κ2) is 11.9. The van der Waals surface area contributed by atoms with Crippen molar-refractivity contribution in [3.8, 4) is 39.9 Å². The van der Waals surface area contributed by atoms with Crippen LogP contribution in [-0.4, -0.2) is 79.5 Å². The predicted octanol–water partition coefficient (Wildman–Crippen LogP) is 4.54. The van der Waals surface area contributed by atoms with E-state index in [0.29, 0.717) is 10.7 Å². The zero-order valence-electron chi connectivity index (χ0n) is 25.9. The number of carbonyl (C=O) groups excluding carboxylic acids is 2. The Kier molecular flexibility index (Phi) is 8.04. The van der Waals surface area contributed by atoms with E-state index in [2.05, 4.69) is 10.5 Å². The van der Waals surface area contributed by atoms with Gasteiger partial charge in [-0.1, -0.05) is 19.3 Å². The Morgan fingerprint density at radius 1 is 0.957 bits per heavy atom. The molecule has 3 aliphatic carbocycles. The molecule has 0 atom stereocenters. The van der Waals surface area contributed by atoms with E-state index in [1.54, 1.807) is 0 Å². The number of ether oxygens (including phenoxy) is 1. The zero-order chi connectivity index (χ0) is 33.9. The Bertz CT molecular complexity index is 1950. The maximum atomic E-state index is 13.8. The molecule has 3 aliphatic rings. The summed E-state index contributed by atoms with van der Waals surface area (Å²) in [7, 11) is 3.16. The third kappa shape index (κ3) is 4.92. The number of aromatic hydroxyl groups is 4. The molecular formula is C34H33N3O9S. The van der Waals surface area contributed by atoms with Gasteiger partial charge in [-0.3, -0.25) is 15.0 Å². The second-order valence-corrected chi connectivity index (χ2v) is 12.4. The van der Waals surface area contributed by atoms with Crippen molar-refractivity contribution in [2.24, 2.45) is 5.10 Å². The minimum Gasteiger partial charge on any atom is -0.508 e. The Morgan fingerprint density at radius 2 is 1.66 bits per heavy atom. The average molecular weight is 660 g/mol. The summed E-state index contributed by atoms with van der Waals surface area (Å²) in [6.07, 6.45) is 7.16. The van der Waals surface area contributed by atoms with Crippen LogP contribution in [0.5, 0.6) is 28.7 Å². The number of aromatic carboxylic acids is 1. The summed E-state index contributed by atoms with van der Waals surface area (Å²) in [5.41, 5.74) is 1.66. The number of methoxy groups -OCH3 is 1. The highest BCUT2D eigenvalue weighted by atomic mass is 32.1. The molecule has 13 heteroatoms. The smallest absolute Gasteiger partial charge is 0.340 e. The van der Waals surface area contributed by atoms with E-state index >= 15 is 0 Å². The standard InChI is InChI=1S/C34H33N3O9S/c1-14-20(38)12-19-24(27(14)39)31(43)26-25(28(19)40)30(42)23-18(32(26)46-3)10-9-15-11-16(22(33(44)45)29(41)21(15)23)13-35-36-34(47)37(2)17-7-5-4-6-8-17/h11-13,17,38-39,41-42H,4-10H2,1-3H3,(H,36,47)(H,44,45)/b35-13+. The molecule has 6 rings (SSSR count). The molecule has 0 radical (unpaired) electrons. The lowest BCUT2D eigenvalue weighted by Crippen LogP contribution is -2.42. The number of fused-ring (bicyclic) bond motifs is 5. The van der Waals surface area contributed by atoms with E-state index in [1.807, 2.05) is 11.9 Å². The van der Waals surface area contributed by atoms with Gasteiger partial charge in [0.25, 0.3) is 0 Å². The molecule has 47 heavy (non-hydrogen) atoms. The first-order chi connectivity index (χ1) is 22.4. The molecule has 0 aliphatic heterocycles. The fourth-order valence-corrected chi connectivity index (χ4v) is 7.24. The number of carbonyl (C=O) groups is 3. The lowest BCUT2D eigenvalue weighted by atomic mass is 9.74. The van der Waals surface area contributed by atoms with Gasteiger partial charge >= 0.3 is 5.97 Å². The van der Waals surface area contributed by atoms with Gasteiger partial charge in [0.2, 0.25) is 5.78 Å². The van der Waals surface area contributed by atoms with Crippen molar-refractivity contribution < 1.29 is 44.7 Å². The topological polar surface area (TPSA) is 189 Å². The number of phenolic OH excluding ortho intramolecular Hbond substituents is 3. The number of hydrazone groups is 1. The van der Waals surface area contributed by atoms with Crippen LogP contribution in [0, 0.1) is 6.92 Å². The number of phenols is 4. The number of nitrogens with one attached hydrogen (secondary N) is 1. The van der Waals surface area contributed by atoms with Crippen LogP contribution in [0.15, 0.2) is 17.2 Å². The van der Waals surface area contributed by atoms with Crippen molar-refractivity contribution in [2.75, 3.05) is 14.2 Å². The Labute approximate surface area is 274 Å². The molecule has 0 saturated heterocycles. The quantitative estimate of drug-likeness (QED) is 0.0999. The van der Waals surface area contributed by atoms with Gasteiger partial charge in [0.15, 0.2) is 10.9 Å². The van der Waals surface area contributed by atoms with E-state index in [4.69, 9.17) is 17.0 Å². The summed E-state index contributed by atoms with van der Waals surface area (Å²) >= 11 is 5.49. The number of ketones is 2. The van der Waals surface area contributed by atoms with Gasteiger partial charge in [0, 0.05) is 46.5 Å². The van der Waals surface area contributed by atoms with Gasteiger partial charge in [-0.15, -0.1) is 0 Å². The Hall–Kier alpha value is -5.17. The number of aryl methyl sites for hydroxylation is 1. The van der Waals surface area contributed by atoms with Crippen molar-refractivity contribution in [3.63, 3.8) is 0 Å². The molecule has 0 unspecified atom stereocenters. The van der Waals surface area contributed by atoms with Crippen LogP contribution in [0.3, 0.4) is 0 Å². The SMILES string of the molecule is COc1c2c(c(O)c3c1C(=O)c1c(cc(O)c(C)c1O)C3=O)-c1c(cc(/C=N/NC(=S)N(C)C3CCCCC3)c(C(=O)O)c1O)CC2. The summed E-state index contributed by atoms with van der Waals surface area (Å²) in [4.78, 5) is 42.0. The number of carboxylic acid groups (broad SMARTS) is 1. The normalized spacial score (nSPS) is 15.5. The summed E-state index contributed by atoms with van der Waals surface area (Å²) in [5, 5.41) is 58.9. The predicted molar refractivity (Wildman–Crippen MR) is 175 cm³/mol. The van der Waals surface area contributed by atoms with E-state index < -0.39 is 51.7 Å². The summed E-state index contributed by atoms with van der Waals surface area (Å²) in [6, 6.07) is 2.87. The van der Waals surface area contributed by atoms with Gasteiger partial charge in [-0.25, -0.2) is 4.79 Å². The van der Waals surface area contributed by atoms with Crippen molar-refractivity contribution in [2.45, 2.75) is 57.9 Å². The van der Waals surface area contributed by atoms with E-state index in [1.165, 1.54) is 32.7 Å². The molecule has 12 nitrogen and oxygen atoms in total. The minimum atomic E-state index is -1.47. The van der Waals surface area contributed by atoms with E-state index in [0.717, 1.165) is 31.7 Å². The molecule has 3 aromatic rings. The van der Waals surface area contributed by atoms with Crippen molar-refractivity contribution in [3.05, 3.63) is 62.2 Å². The van der Waals surface area contributed by atoms with Gasteiger partial charge < -0.3 is 35.2 Å². The maximum Gasteiger partial charge on any atom is 0.340 e. The first kappa shape index (κ1) is 31.8. The van der Waals surface area contributed by atoms with Crippen LogP contribution >= 0.6 is 12.2 Å². The number of hydrogen-bond donors (Lipinski definition) is 6. The number of rotatable bonds is 5. The first-order valence-electron chi connectivity index (χ1n) is 15.2. The van der Waals surface area contributed by atoms with Crippen LogP contribution in [0.2, 0.25) is 0 Å². The van der Waals surface area contributed by atoms with Crippen molar-refractivity contribution in [1.29, 1.82) is 0 Å². The fourth-order valence-electron chi connectivity index (χ4n) is 7.04. The van der Waals surface area contributed by atoms with Crippen LogP contribution < -0.4 is 10.2 Å². The zero-order valence-corrected chi connectivity index (χ0v) is 26.7.